The summed E-state index contributed by atoms with van der Waals surface area (Å²) in [5.74, 6) is 0.845. The Hall–Kier alpha value is 0.848. The van der Waals surface area contributed by atoms with Crippen LogP contribution in [-0.2, 0) is 0 Å². The molecule has 0 heterocycles. The van der Waals surface area contributed by atoms with Gasteiger partial charge in [0.2, 0.25) is 0 Å². The van der Waals surface area contributed by atoms with Gasteiger partial charge in [-0.05, 0) is 6.42 Å². The van der Waals surface area contributed by atoms with Crippen molar-refractivity contribution in [3.8, 4) is 0 Å². The molecule has 0 saturated heterocycles. The summed E-state index contributed by atoms with van der Waals surface area (Å²) in [4.78, 5) is 0. The molecule has 0 bridgehead atoms. The van der Waals surface area contributed by atoms with Crippen LogP contribution in [0.3, 0.4) is 0 Å². The van der Waals surface area contributed by atoms with Crippen molar-refractivity contribution in [2.24, 2.45) is 0 Å². The number of alkyl halides is 1. The van der Waals surface area contributed by atoms with E-state index in [-0.39, 0.29) is 18.0 Å². The van der Waals surface area contributed by atoms with E-state index in [1.54, 1.807) is 0 Å². The molecule has 0 aromatic heterocycles. The Labute approximate surface area is 132 Å². The molecule has 0 fully saturated rings. The van der Waals surface area contributed by atoms with Gasteiger partial charge in [0.25, 0.3) is 0 Å². The summed E-state index contributed by atoms with van der Waals surface area (Å²) in [6.45, 7) is 2.28. The Bertz CT molecular complexity index is 114. The van der Waals surface area contributed by atoms with Crippen LogP contribution in [-0.4, -0.2) is 23.8 Å². The Morgan fingerprint density at radius 2 is 0.778 bits per heavy atom. The molecule has 0 amide bonds. The quantitative estimate of drug-likeness (QED) is 0.222. The number of halogens is 1. The van der Waals surface area contributed by atoms with E-state index in [1.165, 1.54) is 89.9 Å². The topological polar surface area (TPSA) is 0 Å². The molecular weight excluding hydrogens is 303 g/mol. The normalized spacial score (nSPS) is 10.3. The fraction of sp³-hybridized carbons (Fsp3) is 1.00. The number of unbranched alkanes of at least 4 members (excludes halogenated alkanes) is 13. The molecule has 0 N–H and O–H groups in total. The van der Waals surface area contributed by atoms with Gasteiger partial charge in [-0.15, -0.1) is 11.6 Å². The average Bonchev–Trinajstić information content (AvgIpc) is 2.35. The van der Waals surface area contributed by atoms with Crippen LogP contribution in [0.1, 0.15) is 96.8 Å². The second-order valence-electron chi connectivity index (χ2n) is 5.29. The third-order valence-electron chi connectivity index (χ3n) is 3.49. The summed E-state index contributed by atoms with van der Waals surface area (Å²) in [6.07, 6.45) is 19.8. The van der Waals surface area contributed by atoms with Crippen LogP contribution in [0.2, 0.25) is 0 Å². The van der Waals surface area contributed by atoms with Gasteiger partial charge in [-0.25, -0.2) is 0 Å². The fourth-order valence-electron chi connectivity index (χ4n) is 2.29. The van der Waals surface area contributed by atoms with E-state index in [0.717, 1.165) is 5.88 Å². The van der Waals surface area contributed by atoms with Gasteiger partial charge in [-0.3, -0.25) is 0 Å². The summed E-state index contributed by atoms with van der Waals surface area (Å²) in [5, 5.41) is 0. The van der Waals surface area contributed by atoms with Gasteiger partial charge in [0, 0.05) is 5.88 Å². The molecule has 0 aliphatic rings. The Balaban J connectivity index is 0. The second-order valence-corrected chi connectivity index (χ2v) is 5.66. The van der Waals surface area contributed by atoms with E-state index >= 15 is 0 Å². The number of hydrogen-bond acceptors (Lipinski definition) is 0. The van der Waals surface area contributed by atoms with Gasteiger partial charge in [-0.1, -0.05) is 90.4 Å². The zero-order valence-electron chi connectivity index (χ0n) is 12.7. The molecule has 0 aromatic rings. The van der Waals surface area contributed by atoms with Crippen LogP contribution in [0.4, 0.5) is 0 Å². The zero-order chi connectivity index (χ0) is 12.6. The summed E-state index contributed by atoms with van der Waals surface area (Å²) < 4.78 is 0. The van der Waals surface area contributed by atoms with Crippen LogP contribution in [0.5, 0.6) is 0 Å². The van der Waals surface area contributed by atoms with Crippen molar-refractivity contribution in [1.29, 1.82) is 0 Å². The van der Waals surface area contributed by atoms with E-state index in [9.17, 15) is 0 Å². The van der Waals surface area contributed by atoms with E-state index in [4.69, 9.17) is 11.6 Å². The fourth-order valence-corrected chi connectivity index (χ4v) is 2.48. The zero-order valence-corrected chi connectivity index (χ0v) is 16.4. The van der Waals surface area contributed by atoms with Crippen LogP contribution >= 0.6 is 11.6 Å². The van der Waals surface area contributed by atoms with Crippen LogP contribution in [0, 0.1) is 0 Å². The molecule has 2 heteroatoms. The van der Waals surface area contributed by atoms with E-state index < -0.39 is 0 Å². The predicted molar refractivity (Wildman–Crippen MR) is 91.0 cm³/mol. The SMILES string of the molecule is CCCCCCCCCCCCCCCCCl.[AsH3]. The van der Waals surface area contributed by atoms with Gasteiger partial charge in [-0.2, -0.15) is 0 Å². The molecule has 112 valence electrons. The maximum atomic E-state index is 5.64. The van der Waals surface area contributed by atoms with Crippen LogP contribution < -0.4 is 0 Å². The van der Waals surface area contributed by atoms with Crippen LogP contribution in [0.25, 0.3) is 0 Å². The number of rotatable bonds is 14. The minimum absolute atomic E-state index is 0. The van der Waals surface area contributed by atoms with Crippen molar-refractivity contribution in [2.45, 2.75) is 96.8 Å². The molecule has 0 saturated carbocycles. The first kappa shape index (κ1) is 21.2. The molecule has 0 spiro atoms. The van der Waals surface area contributed by atoms with Gasteiger partial charge in [0.15, 0.2) is 0 Å². The Morgan fingerprint density at radius 1 is 0.500 bits per heavy atom. The second kappa shape index (κ2) is 20.2. The minimum atomic E-state index is 0. The van der Waals surface area contributed by atoms with Crippen molar-refractivity contribution >= 4 is 29.6 Å². The van der Waals surface area contributed by atoms with E-state index in [2.05, 4.69) is 6.92 Å². The molecule has 0 aliphatic carbocycles. The van der Waals surface area contributed by atoms with Gasteiger partial charge in [0.05, 0.1) is 0 Å². The monoisotopic (exact) mass is 338 g/mol. The third kappa shape index (κ3) is 19.2. The molecule has 0 rings (SSSR count). The van der Waals surface area contributed by atoms with Crippen molar-refractivity contribution in [2.75, 3.05) is 5.88 Å². The summed E-state index contributed by atoms with van der Waals surface area (Å²) in [6, 6.07) is 0. The Morgan fingerprint density at radius 3 is 1.06 bits per heavy atom. The Kier molecular flexibility index (Phi) is 23.7. The summed E-state index contributed by atoms with van der Waals surface area (Å²) in [5.41, 5.74) is 0. The first-order valence-corrected chi connectivity index (χ1v) is 8.51. The first-order valence-electron chi connectivity index (χ1n) is 7.97. The molecule has 0 radical (unpaired) electrons. The van der Waals surface area contributed by atoms with Crippen molar-refractivity contribution < 1.29 is 0 Å². The predicted octanol–water partition coefficient (Wildman–Crippen LogP) is 5.52. The number of hydrogen-bond donors (Lipinski definition) is 0. The molecule has 1 atom stereocenters. The third-order valence-corrected chi connectivity index (χ3v) is 3.75. The maximum absolute atomic E-state index is 5.64. The average molecular weight is 339 g/mol. The van der Waals surface area contributed by atoms with Crippen LogP contribution in [0.15, 0.2) is 0 Å². The van der Waals surface area contributed by atoms with Crippen molar-refractivity contribution in [1.82, 2.24) is 0 Å². The molecule has 0 nitrogen and oxygen atoms in total. The molecule has 18 heavy (non-hydrogen) atoms. The van der Waals surface area contributed by atoms with E-state index in [1.807, 2.05) is 0 Å². The molecule has 0 aliphatic heterocycles. The van der Waals surface area contributed by atoms with Gasteiger partial charge < -0.3 is 0 Å². The summed E-state index contributed by atoms with van der Waals surface area (Å²) >= 11 is 5.64. The molecular formula is C16H36AsCl. The first-order chi connectivity index (χ1) is 8.41. The molecule has 0 aromatic carbocycles. The standard InChI is InChI=1S/C16H33Cl.AsH3/c1-2-3-4-5-6-7-8-9-10-11-12-13-14-15-16-17;/h2-16H2,1H3;1H3. The summed E-state index contributed by atoms with van der Waals surface area (Å²) in [7, 11) is 0. The van der Waals surface area contributed by atoms with E-state index in [0.29, 0.717) is 0 Å². The van der Waals surface area contributed by atoms with Gasteiger partial charge >= 0.3 is 18.0 Å². The van der Waals surface area contributed by atoms with Gasteiger partial charge in [0.1, 0.15) is 0 Å². The van der Waals surface area contributed by atoms with Crippen molar-refractivity contribution in [3.05, 3.63) is 0 Å². The van der Waals surface area contributed by atoms with Crippen molar-refractivity contribution in [3.63, 3.8) is 0 Å². The molecule has 1 unspecified atom stereocenters.